The zero-order valence-corrected chi connectivity index (χ0v) is 13.6. The van der Waals surface area contributed by atoms with Gasteiger partial charge in [0.05, 0.1) is 13.7 Å². The molecular weight excluding hydrogens is 353 g/mol. The Morgan fingerprint density at radius 2 is 2.00 bits per heavy atom. The number of hydrogen-bond acceptors (Lipinski definition) is 2. The van der Waals surface area contributed by atoms with E-state index < -0.39 is 0 Å². The number of methoxy groups -OCH3 is 1. The van der Waals surface area contributed by atoms with Crippen LogP contribution in [0.4, 0.5) is 0 Å². The summed E-state index contributed by atoms with van der Waals surface area (Å²) in [6.07, 6.45) is 4.74. The lowest BCUT2D eigenvalue weighted by atomic mass is 9.79. The Labute approximate surface area is 131 Å². The fourth-order valence-electron chi connectivity index (χ4n) is 2.79. The maximum absolute atomic E-state index is 5.47. The SMILES string of the molecule is COc1cccc(C2(CN=C(N)N)CCCC2)c1.I. The third kappa shape index (κ3) is 3.75. The van der Waals surface area contributed by atoms with Gasteiger partial charge in [-0.15, -0.1) is 24.0 Å². The van der Waals surface area contributed by atoms with Gasteiger partial charge in [0.2, 0.25) is 0 Å². The van der Waals surface area contributed by atoms with Crippen LogP contribution in [0.3, 0.4) is 0 Å². The van der Waals surface area contributed by atoms with Crippen LogP contribution in [-0.2, 0) is 5.41 Å². The summed E-state index contributed by atoms with van der Waals surface area (Å²) in [5.41, 5.74) is 12.3. The molecule has 0 unspecified atom stereocenters. The molecule has 1 aliphatic rings. The van der Waals surface area contributed by atoms with E-state index in [1.165, 1.54) is 18.4 Å². The lowest BCUT2D eigenvalue weighted by Gasteiger charge is -2.28. The largest absolute Gasteiger partial charge is 0.497 e. The smallest absolute Gasteiger partial charge is 0.185 e. The van der Waals surface area contributed by atoms with Gasteiger partial charge in [-0.3, -0.25) is 4.99 Å². The molecule has 4 nitrogen and oxygen atoms in total. The molecular formula is C14H22IN3O. The average molecular weight is 375 g/mol. The number of guanidine groups is 1. The van der Waals surface area contributed by atoms with Crippen LogP contribution in [0.2, 0.25) is 0 Å². The first-order valence-electron chi connectivity index (χ1n) is 6.36. The molecule has 0 atom stereocenters. The summed E-state index contributed by atoms with van der Waals surface area (Å²) in [5, 5.41) is 0. The Balaban J connectivity index is 0.00000180. The third-order valence-electron chi connectivity index (χ3n) is 3.81. The van der Waals surface area contributed by atoms with Gasteiger partial charge in [0.15, 0.2) is 5.96 Å². The molecule has 0 saturated heterocycles. The summed E-state index contributed by atoms with van der Waals surface area (Å²) in [6.45, 7) is 0.669. The number of rotatable bonds is 4. The molecule has 0 heterocycles. The van der Waals surface area contributed by atoms with Gasteiger partial charge in [-0.05, 0) is 30.5 Å². The standard InChI is InChI=1S/C14H21N3O.HI/c1-18-12-6-4-5-11(9-12)14(7-2-3-8-14)10-17-13(15)16;/h4-6,9H,2-3,7-8,10H2,1H3,(H4,15,16,17);1H. The van der Waals surface area contributed by atoms with Crippen molar-refractivity contribution < 1.29 is 4.74 Å². The average Bonchev–Trinajstić information content (AvgIpc) is 2.86. The fraction of sp³-hybridized carbons (Fsp3) is 0.500. The van der Waals surface area contributed by atoms with Crippen LogP contribution in [-0.4, -0.2) is 19.6 Å². The molecule has 1 saturated carbocycles. The first-order valence-corrected chi connectivity index (χ1v) is 6.36. The number of halogens is 1. The van der Waals surface area contributed by atoms with Crippen LogP contribution < -0.4 is 16.2 Å². The molecule has 1 fully saturated rings. The number of aliphatic imine (C=N–C) groups is 1. The lowest BCUT2D eigenvalue weighted by Crippen LogP contribution is -2.30. The van der Waals surface area contributed by atoms with E-state index in [1.807, 2.05) is 12.1 Å². The highest BCUT2D eigenvalue weighted by atomic mass is 127. The predicted molar refractivity (Wildman–Crippen MR) is 89.2 cm³/mol. The summed E-state index contributed by atoms with van der Waals surface area (Å²) in [4.78, 5) is 4.24. The van der Waals surface area contributed by atoms with Crippen LogP contribution >= 0.6 is 24.0 Å². The van der Waals surface area contributed by atoms with Crippen LogP contribution in [0.15, 0.2) is 29.3 Å². The molecule has 0 bridgehead atoms. The summed E-state index contributed by atoms with van der Waals surface area (Å²) in [7, 11) is 1.69. The second kappa shape index (κ2) is 6.98. The van der Waals surface area contributed by atoms with Crippen molar-refractivity contribution in [3.05, 3.63) is 29.8 Å². The quantitative estimate of drug-likeness (QED) is 0.482. The van der Waals surface area contributed by atoms with E-state index in [0.717, 1.165) is 18.6 Å². The third-order valence-corrected chi connectivity index (χ3v) is 3.81. The van der Waals surface area contributed by atoms with Gasteiger partial charge in [0.1, 0.15) is 5.75 Å². The summed E-state index contributed by atoms with van der Waals surface area (Å²) in [5.74, 6) is 1.06. The predicted octanol–water partition coefficient (Wildman–Crippen LogP) is 2.40. The van der Waals surface area contributed by atoms with Crippen molar-refractivity contribution in [2.24, 2.45) is 16.5 Å². The Hall–Kier alpha value is -0.980. The molecule has 0 radical (unpaired) electrons. The minimum atomic E-state index is 0. The summed E-state index contributed by atoms with van der Waals surface area (Å²) >= 11 is 0. The second-order valence-corrected chi connectivity index (χ2v) is 4.96. The van der Waals surface area contributed by atoms with Crippen LogP contribution in [0.1, 0.15) is 31.2 Å². The van der Waals surface area contributed by atoms with E-state index in [4.69, 9.17) is 16.2 Å². The number of hydrogen-bond donors (Lipinski definition) is 2. The normalized spacial score (nSPS) is 16.5. The molecule has 5 heteroatoms. The zero-order valence-electron chi connectivity index (χ0n) is 11.3. The topological polar surface area (TPSA) is 73.6 Å². The first-order chi connectivity index (χ1) is 8.66. The van der Waals surface area contributed by atoms with Gasteiger partial charge in [-0.2, -0.15) is 0 Å². The maximum atomic E-state index is 5.47. The lowest BCUT2D eigenvalue weighted by molar-refractivity contribution is 0.408. The van der Waals surface area contributed by atoms with Crippen LogP contribution in [0.5, 0.6) is 5.75 Å². The molecule has 0 amide bonds. The Morgan fingerprint density at radius 3 is 2.58 bits per heavy atom. The number of nitrogens with zero attached hydrogens (tertiary/aromatic N) is 1. The summed E-state index contributed by atoms with van der Waals surface area (Å²) in [6, 6.07) is 8.25. The zero-order chi connectivity index (χ0) is 13.0. The molecule has 1 aromatic carbocycles. The van der Waals surface area contributed by atoms with Crippen molar-refractivity contribution in [3.8, 4) is 5.75 Å². The number of nitrogens with two attached hydrogens (primary N) is 2. The van der Waals surface area contributed by atoms with Gasteiger partial charge in [-0.1, -0.05) is 25.0 Å². The van der Waals surface area contributed by atoms with Crippen molar-refractivity contribution in [1.82, 2.24) is 0 Å². The second-order valence-electron chi connectivity index (χ2n) is 4.96. The fourth-order valence-corrected chi connectivity index (χ4v) is 2.79. The molecule has 0 spiro atoms. The molecule has 2 rings (SSSR count). The van der Waals surface area contributed by atoms with Gasteiger partial charge < -0.3 is 16.2 Å². The molecule has 1 aliphatic carbocycles. The van der Waals surface area contributed by atoms with E-state index >= 15 is 0 Å². The van der Waals surface area contributed by atoms with Crippen LogP contribution in [0.25, 0.3) is 0 Å². The molecule has 4 N–H and O–H groups in total. The highest BCUT2D eigenvalue weighted by Gasteiger charge is 2.35. The van der Waals surface area contributed by atoms with Crippen molar-refractivity contribution >= 4 is 29.9 Å². The van der Waals surface area contributed by atoms with Gasteiger partial charge in [0, 0.05) is 5.41 Å². The van der Waals surface area contributed by atoms with Crippen molar-refractivity contribution in [2.45, 2.75) is 31.1 Å². The Kier molecular flexibility index (Phi) is 5.90. The van der Waals surface area contributed by atoms with E-state index in [9.17, 15) is 0 Å². The molecule has 19 heavy (non-hydrogen) atoms. The molecule has 0 aromatic heterocycles. The number of benzene rings is 1. The van der Waals surface area contributed by atoms with E-state index in [-0.39, 0.29) is 35.4 Å². The molecule has 106 valence electrons. The highest BCUT2D eigenvalue weighted by Crippen LogP contribution is 2.42. The Morgan fingerprint density at radius 1 is 1.32 bits per heavy atom. The van der Waals surface area contributed by atoms with Gasteiger partial charge in [0.25, 0.3) is 0 Å². The number of ether oxygens (including phenoxy) is 1. The Bertz CT molecular complexity index is 438. The van der Waals surface area contributed by atoms with E-state index in [0.29, 0.717) is 6.54 Å². The van der Waals surface area contributed by atoms with E-state index in [2.05, 4.69) is 17.1 Å². The van der Waals surface area contributed by atoms with Crippen molar-refractivity contribution in [2.75, 3.05) is 13.7 Å². The maximum Gasteiger partial charge on any atom is 0.185 e. The minimum absolute atomic E-state index is 0. The summed E-state index contributed by atoms with van der Waals surface area (Å²) < 4.78 is 5.30. The molecule has 1 aromatic rings. The van der Waals surface area contributed by atoms with Gasteiger partial charge in [-0.25, -0.2) is 0 Å². The molecule has 0 aliphatic heterocycles. The first kappa shape index (κ1) is 16.1. The monoisotopic (exact) mass is 375 g/mol. The van der Waals surface area contributed by atoms with Crippen molar-refractivity contribution in [3.63, 3.8) is 0 Å². The van der Waals surface area contributed by atoms with E-state index in [1.54, 1.807) is 7.11 Å². The van der Waals surface area contributed by atoms with Crippen LogP contribution in [0, 0.1) is 0 Å². The van der Waals surface area contributed by atoms with Crippen molar-refractivity contribution in [1.29, 1.82) is 0 Å². The highest BCUT2D eigenvalue weighted by molar-refractivity contribution is 14.0. The minimum Gasteiger partial charge on any atom is -0.497 e. The van der Waals surface area contributed by atoms with Gasteiger partial charge >= 0.3 is 0 Å².